The van der Waals surface area contributed by atoms with Crippen molar-refractivity contribution in [1.29, 1.82) is 0 Å². The van der Waals surface area contributed by atoms with Gasteiger partial charge in [-0.25, -0.2) is 4.31 Å². The van der Waals surface area contributed by atoms with E-state index in [9.17, 15) is 9.13 Å². The predicted molar refractivity (Wildman–Crippen MR) is 48.5 cm³/mol. The first kappa shape index (κ1) is 14.3. The standard InChI is InChI=1S/C5H8.H4O5P2/c1-4-5(2)3;1-6(2)5-7(3)4/h4H,1-2H2,3H3;6-7H,(H,1,2)(H,3,4). The Balaban J connectivity index is 0. The normalized spacial score (nSPS) is 13.6. The van der Waals surface area contributed by atoms with Crippen LogP contribution in [0.15, 0.2) is 24.8 Å². The van der Waals surface area contributed by atoms with Crippen LogP contribution in [0.5, 0.6) is 0 Å². The van der Waals surface area contributed by atoms with Crippen LogP contribution < -0.4 is 0 Å². The molecular formula is C5H12O5P2. The Hall–Kier alpha value is -0.180. The molecule has 0 aromatic heterocycles. The molecule has 12 heavy (non-hydrogen) atoms. The number of hydrogen-bond acceptors (Lipinski definition) is 3. The van der Waals surface area contributed by atoms with Gasteiger partial charge in [0.05, 0.1) is 0 Å². The summed E-state index contributed by atoms with van der Waals surface area (Å²) in [5.41, 5.74) is 1.02. The van der Waals surface area contributed by atoms with Gasteiger partial charge in [0.25, 0.3) is 0 Å². The van der Waals surface area contributed by atoms with Crippen molar-refractivity contribution in [2.75, 3.05) is 0 Å². The molecule has 2 N–H and O–H groups in total. The van der Waals surface area contributed by atoms with E-state index < -0.39 is 16.5 Å². The number of allylic oxidation sites excluding steroid dienone is 2. The van der Waals surface area contributed by atoms with Crippen molar-refractivity contribution < 1.29 is 23.2 Å². The van der Waals surface area contributed by atoms with E-state index in [2.05, 4.69) is 17.5 Å². The average Bonchev–Trinajstić information content (AvgIpc) is 1.85. The first-order valence-corrected chi connectivity index (χ1v) is 5.34. The van der Waals surface area contributed by atoms with E-state index in [0.717, 1.165) is 5.57 Å². The maximum atomic E-state index is 9.44. The second-order valence-electron chi connectivity index (χ2n) is 1.68. The van der Waals surface area contributed by atoms with Crippen LogP contribution in [0.2, 0.25) is 0 Å². The molecule has 0 radical (unpaired) electrons. The molecule has 2 atom stereocenters. The summed E-state index contributed by atoms with van der Waals surface area (Å²) in [7, 11) is -6.40. The minimum absolute atomic E-state index is 1.02. The van der Waals surface area contributed by atoms with Crippen LogP contribution in [0.1, 0.15) is 6.92 Å². The Morgan fingerprint density at radius 1 is 1.42 bits per heavy atom. The van der Waals surface area contributed by atoms with E-state index >= 15 is 0 Å². The molecule has 0 aromatic carbocycles. The van der Waals surface area contributed by atoms with Crippen molar-refractivity contribution in [3.8, 4) is 0 Å². The quantitative estimate of drug-likeness (QED) is 0.549. The van der Waals surface area contributed by atoms with Crippen LogP contribution in [-0.4, -0.2) is 9.79 Å². The van der Waals surface area contributed by atoms with Crippen molar-refractivity contribution in [1.82, 2.24) is 0 Å². The summed E-state index contributed by atoms with van der Waals surface area (Å²) in [6, 6.07) is 0. The summed E-state index contributed by atoms with van der Waals surface area (Å²) in [6.07, 6.45) is 1.72. The average molecular weight is 214 g/mol. The molecule has 0 saturated carbocycles. The second-order valence-corrected chi connectivity index (χ2v) is 3.56. The third-order valence-corrected chi connectivity index (χ3v) is 1.92. The molecule has 0 aromatic rings. The summed E-state index contributed by atoms with van der Waals surface area (Å²) in [5, 5.41) is 0. The largest absolute Gasteiger partial charge is 0.326 e. The third kappa shape index (κ3) is 22.6. The van der Waals surface area contributed by atoms with E-state index in [1.807, 2.05) is 6.92 Å². The van der Waals surface area contributed by atoms with Crippen LogP contribution in [-0.2, 0) is 13.4 Å². The molecule has 5 nitrogen and oxygen atoms in total. The summed E-state index contributed by atoms with van der Waals surface area (Å²) in [4.78, 5) is 15.4. The van der Waals surface area contributed by atoms with Gasteiger partial charge in [-0.15, -0.1) is 0 Å². The maximum absolute atomic E-state index is 9.44. The molecule has 0 rings (SSSR count). The fraction of sp³-hybridized carbons (Fsp3) is 0.200. The Labute approximate surface area is 72.3 Å². The summed E-state index contributed by atoms with van der Waals surface area (Å²) >= 11 is 0. The van der Waals surface area contributed by atoms with E-state index in [1.165, 1.54) is 0 Å². The van der Waals surface area contributed by atoms with Crippen molar-refractivity contribution in [2.45, 2.75) is 6.92 Å². The first-order chi connectivity index (χ1) is 5.40. The first-order valence-electron chi connectivity index (χ1n) is 2.81. The van der Waals surface area contributed by atoms with Crippen LogP contribution in [0.4, 0.5) is 0 Å². The molecule has 0 bridgehead atoms. The lowest BCUT2D eigenvalue weighted by Crippen LogP contribution is -1.58. The highest BCUT2D eigenvalue weighted by molar-refractivity contribution is 7.46. The smallest absolute Gasteiger partial charge is 0.323 e. The van der Waals surface area contributed by atoms with Gasteiger partial charge in [0.1, 0.15) is 0 Å². The molecule has 0 fully saturated rings. The molecule has 7 heteroatoms. The van der Waals surface area contributed by atoms with Gasteiger partial charge in [-0.1, -0.05) is 24.8 Å². The molecule has 0 aliphatic rings. The Kier molecular flexibility index (Phi) is 10.7. The van der Waals surface area contributed by atoms with Crippen molar-refractivity contribution >= 4 is 16.5 Å². The molecule has 0 amide bonds. The van der Waals surface area contributed by atoms with Gasteiger partial charge < -0.3 is 9.79 Å². The summed E-state index contributed by atoms with van der Waals surface area (Å²) in [5.74, 6) is 0. The lowest BCUT2D eigenvalue weighted by atomic mass is 10.4. The van der Waals surface area contributed by atoms with Gasteiger partial charge >= 0.3 is 16.5 Å². The monoisotopic (exact) mass is 214 g/mol. The van der Waals surface area contributed by atoms with Gasteiger partial charge in [0.15, 0.2) is 0 Å². The van der Waals surface area contributed by atoms with Gasteiger partial charge in [-0.05, 0) is 6.92 Å². The Morgan fingerprint density at radius 3 is 1.67 bits per heavy atom. The zero-order valence-corrected chi connectivity index (χ0v) is 8.61. The van der Waals surface area contributed by atoms with E-state index in [0.29, 0.717) is 0 Å². The molecule has 0 spiro atoms. The highest BCUT2D eigenvalue weighted by atomic mass is 31.2. The third-order valence-electron chi connectivity index (χ3n) is 0.523. The lowest BCUT2D eigenvalue weighted by Gasteiger charge is -1.86. The second kappa shape index (κ2) is 8.91. The molecule has 0 saturated heterocycles. The van der Waals surface area contributed by atoms with Gasteiger partial charge in [-0.3, -0.25) is 9.13 Å². The Morgan fingerprint density at radius 2 is 1.67 bits per heavy atom. The van der Waals surface area contributed by atoms with E-state index in [1.54, 1.807) is 6.08 Å². The van der Waals surface area contributed by atoms with Gasteiger partial charge in [-0.2, -0.15) is 0 Å². The SMILES string of the molecule is C=CC(=C)C.O=[PH](O)O[PH](=O)O. The molecule has 2 unspecified atom stereocenters. The zero-order chi connectivity index (χ0) is 10.1. The number of rotatable bonds is 3. The Bertz CT molecular complexity index is 188. The summed E-state index contributed by atoms with van der Waals surface area (Å²) < 4.78 is 22.3. The lowest BCUT2D eigenvalue weighted by molar-refractivity contribution is 0.371. The molecule has 0 aliphatic carbocycles. The summed E-state index contributed by atoms with van der Waals surface area (Å²) in [6.45, 7) is 8.93. The van der Waals surface area contributed by atoms with E-state index in [-0.39, 0.29) is 0 Å². The van der Waals surface area contributed by atoms with Crippen molar-refractivity contribution in [3.05, 3.63) is 24.8 Å². The zero-order valence-electron chi connectivity index (χ0n) is 6.61. The molecule has 0 aliphatic heterocycles. The minimum Gasteiger partial charge on any atom is -0.326 e. The molecular weight excluding hydrogens is 202 g/mol. The van der Waals surface area contributed by atoms with Crippen LogP contribution >= 0.6 is 16.5 Å². The molecule has 0 heterocycles. The fourth-order valence-electron chi connectivity index (χ4n) is 0.0747. The highest BCUT2D eigenvalue weighted by Gasteiger charge is 1.93. The predicted octanol–water partition coefficient (Wildman–Crippen LogP) is 1.52. The van der Waals surface area contributed by atoms with Crippen LogP contribution in [0, 0.1) is 0 Å². The van der Waals surface area contributed by atoms with Gasteiger partial charge in [0, 0.05) is 0 Å². The van der Waals surface area contributed by atoms with Crippen molar-refractivity contribution in [2.24, 2.45) is 0 Å². The number of hydrogen-bond donors (Lipinski definition) is 2. The molecule has 72 valence electrons. The van der Waals surface area contributed by atoms with Crippen LogP contribution in [0.3, 0.4) is 0 Å². The highest BCUT2D eigenvalue weighted by Crippen LogP contribution is 2.30. The fourth-order valence-corrected chi connectivity index (χ4v) is 0.672. The van der Waals surface area contributed by atoms with Crippen LogP contribution in [0.25, 0.3) is 0 Å². The van der Waals surface area contributed by atoms with Gasteiger partial charge in [0.2, 0.25) is 0 Å². The van der Waals surface area contributed by atoms with E-state index in [4.69, 9.17) is 9.79 Å². The maximum Gasteiger partial charge on any atom is 0.323 e. The van der Waals surface area contributed by atoms with Crippen molar-refractivity contribution in [3.63, 3.8) is 0 Å². The minimum atomic E-state index is -3.20. The topological polar surface area (TPSA) is 83.8 Å².